The van der Waals surface area contributed by atoms with Crippen LogP contribution in [0.4, 0.5) is 9.18 Å². The standard InChI is InChI=1S/C11H14FNO2/c12-10-7-2-1-5-9(10)6-3-4-8-15-11(13)14/h1-2,5,7H,3-4,6,8H2,(H2,13,14). The smallest absolute Gasteiger partial charge is 0.404 e. The van der Waals surface area contributed by atoms with Crippen LogP contribution in [0, 0.1) is 5.82 Å². The molecular formula is C11H14FNO2. The van der Waals surface area contributed by atoms with Gasteiger partial charge in [0.1, 0.15) is 5.82 Å². The Hall–Kier alpha value is -1.58. The fourth-order valence-electron chi connectivity index (χ4n) is 1.29. The summed E-state index contributed by atoms with van der Waals surface area (Å²) in [5.74, 6) is -0.187. The number of nitrogens with two attached hydrogens (primary N) is 1. The topological polar surface area (TPSA) is 52.3 Å². The summed E-state index contributed by atoms with van der Waals surface area (Å²) in [6, 6.07) is 6.66. The second kappa shape index (κ2) is 6.01. The molecule has 0 radical (unpaired) electrons. The largest absolute Gasteiger partial charge is 0.450 e. The number of aryl methyl sites for hydroxylation is 1. The van der Waals surface area contributed by atoms with Gasteiger partial charge in [-0.25, -0.2) is 9.18 Å². The highest BCUT2D eigenvalue weighted by molar-refractivity contribution is 5.64. The first-order valence-electron chi connectivity index (χ1n) is 4.86. The van der Waals surface area contributed by atoms with Crippen LogP contribution in [0.2, 0.25) is 0 Å². The van der Waals surface area contributed by atoms with Crippen molar-refractivity contribution in [3.05, 3.63) is 35.6 Å². The number of hydrogen-bond donors (Lipinski definition) is 1. The van der Waals surface area contributed by atoms with E-state index in [9.17, 15) is 9.18 Å². The van der Waals surface area contributed by atoms with Crippen LogP contribution < -0.4 is 5.73 Å². The van der Waals surface area contributed by atoms with Gasteiger partial charge in [-0.3, -0.25) is 0 Å². The Morgan fingerprint density at radius 1 is 1.33 bits per heavy atom. The lowest BCUT2D eigenvalue weighted by Gasteiger charge is -2.03. The molecule has 0 saturated heterocycles. The van der Waals surface area contributed by atoms with Crippen molar-refractivity contribution in [2.24, 2.45) is 5.73 Å². The zero-order valence-corrected chi connectivity index (χ0v) is 8.41. The molecule has 15 heavy (non-hydrogen) atoms. The van der Waals surface area contributed by atoms with Crippen LogP contribution in [-0.2, 0) is 11.2 Å². The Morgan fingerprint density at radius 3 is 2.73 bits per heavy atom. The van der Waals surface area contributed by atoms with Crippen molar-refractivity contribution in [2.45, 2.75) is 19.3 Å². The van der Waals surface area contributed by atoms with Crippen molar-refractivity contribution in [1.82, 2.24) is 0 Å². The fraction of sp³-hybridized carbons (Fsp3) is 0.364. The molecule has 0 atom stereocenters. The first-order valence-corrected chi connectivity index (χ1v) is 4.86. The molecule has 3 nitrogen and oxygen atoms in total. The Kier molecular flexibility index (Phi) is 4.60. The maximum absolute atomic E-state index is 13.1. The van der Waals surface area contributed by atoms with Crippen LogP contribution in [0.1, 0.15) is 18.4 Å². The highest BCUT2D eigenvalue weighted by Gasteiger charge is 2.00. The summed E-state index contributed by atoms with van der Waals surface area (Å²) in [4.78, 5) is 10.2. The van der Waals surface area contributed by atoms with E-state index in [1.54, 1.807) is 18.2 Å². The first-order chi connectivity index (χ1) is 7.20. The van der Waals surface area contributed by atoms with E-state index in [2.05, 4.69) is 4.74 Å². The molecule has 0 unspecified atom stereocenters. The van der Waals surface area contributed by atoms with Gasteiger partial charge in [-0.1, -0.05) is 18.2 Å². The molecule has 0 aliphatic heterocycles. The molecule has 0 aromatic heterocycles. The lowest BCUT2D eigenvalue weighted by Crippen LogP contribution is -2.13. The van der Waals surface area contributed by atoms with Crippen molar-refractivity contribution in [2.75, 3.05) is 6.61 Å². The summed E-state index contributed by atoms with van der Waals surface area (Å²) >= 11 is 0. The number of primary amides is 1. The van der Waals surface area contributed by atoms with Gasteiger partial charge in [0.25, 0.3) is 0 Å². The van der Waals surface area contributed by atoms with Crippen molar-refractivity contribution >= 4 is 6.09 Å². The van der Waals surface area contributed by atoms with Gasteiger partial charge in [0.2, 0.25) is 0 Å². The quantitative estimate of drug-likeness (QED) is 0.759. The van der Waals surface area contributed by atoms with Gasteiger partial charge in [0, 0.05) is 0 Å². The van der Waals surface area contributed by atoms with Crippen LogP contribution in [-0.4, -0.2) is 12.7 Å². The molecule has 0 aliphatic rings. The van der Waals surface area contributed by atoms with E-state index in [-0.39, 0.29) is 5.82 Å². The molecular weight excluding hydrogens is 197 g/mol. The van der Waals surface area contributed by atoms with Crippen molar-refractivity contribution in [3.8, 4) is 0 Å². The SMILES string of the molecule is NC(=O)OCCCCc1ccccc1F. The molecule has 4 heteroatoms. The number of amides is 1. The minimum Gasteiger partial charge on any atom is -0.450 e. The average molecular weight is 211 g/mol. The molecule has 1 aromatic rings. The van der Waals surface area contributed by atoms with Crippen molar-refractivity contribution < 1.29 is 13.9 Å². The Balaban J connectivity index is 2.21. The van der Waals surface area contributed by atoms with Crippen molar-refractivity contribution in [1.29, 1.82) is 0 Å². The summed E-state index contributed by atoms with van der Waals surface area (Å²) < 4.78 is 17.7. The predicted octanol–water partition coefficient (Wildman–Crippen LogP) is 2.24. The summed E-state index contributed by atoms with van der Waals surface area (Å²) in [5, 5.41) is 0. The average Bonchev–Trinajstić information content (AvgIpc) is 2.20. The van der Waals surface area contributed by atoms with Crippen LogP contribution >= 0.6 is 0 Å². The molecule has 0 aliphatic carbocycles. The fourth-order valence-corrected chi connectivity index (χ4v) is 1.29. The zero-order valence-electron chi connectivity index (χ0n) is 8.41. The molecule has 0 bridgehead atoms. The maximum atomic E-state index is 13.1. The van der Waals surface area contributed by atoms with E-state index in [1.807, 2.05) is 0 Å². The van der Waals surface area contributed by atoms with Gasteiger partial charge in [-0.15, -0.1) is 0 Å². The van der Waals surface area contributed by atoms with Crippen molar-refractivity contribution in [3.63, 3.8) is 0 Å². The Bertz CT molecular complexity index is 328. The van der Waals surface area contributed by atoms with Gasteiger partial charge < -0.3 is 10.5 Å². The summed E-state index contributed by atoms with van der Waals surface area (Å²) in [7, 11) is 0. The highest BCUT2D eigenvalue weighted by Crippen LogP contribution is 2.09. The lowest BCUT2D eigenvalue weighted by atomic mass is 10.1. The number of hydrogen-bond acceptors (Lipinski definition) is 2. The van der Waals surface area contributed by atoms with Gasteiger partial charge in [0.05, 0.1) is 6.61 Å². The predicted molar refractivity (Wildman–Crippen MR) is 54.9 cm³/mol. The molecule has 0 spiro atoms. The molecule has 1 rings (SSSR count). The molecule has 1 amide bonds. The van der Waals surface area contributed by atoms with Gasteiger partial charge >= 0.3 is 6.09 Å². The monoisotopic (exact) mass is 211 g/mol. The minimum atomic E-state index is -0.763. The van der Waals surface area contributed by atoms with Crippen LogP contribution in [0.15, 0.2) is 24.3 Å². The van der Waals surface area contributed by atoms with E-state index in [4.69, 9.17) is 5.73 Å². The van der Waals surface area contributed by atoms with Gasteiger partial charge in [-0.2, -0.15) is 0 Å². The molecule has 0 heterocycles. The van der Waals surface area contributed by atoms with Crippen LogP contribution in [0.3, 0.4) is 0 Å². The highest BCUT2D eigenvalue weighted by atomic mass is 19.1. The van der Waals surface area contributed by atoms with Gasteiger partial charge in [0.15, 0.2) is 0 Å². The van der Waals surface area contributed by atoms with E-state index < -0.39 is 6.09 Å². The Labute approximate surface area is 88.0 Å². The van der Waals surface area contributed by atoms with E-state index in [0.29, 0.717) is 25.0 Å². The van der Waals surface area contributed by atoms with Crippen LogP contribution in [0.25, 0.3) is 0 Å². The number of rotatable bonds is 5. The number of carbonyl (C=O) groups is 1. The van der Waals surface area contributed by atoms with Crippen LogP contribution in [0.5, 0.6) is 0 Å². The maximum Gasteiger partial charge on any atom is 0.404 e. The second-order valence-electron chi connectivity index (χ2n) is 3.22. The van der Waals surface area contributed by atoms with E-state index >= 15 is 0 Å². The normalized spacial score (nSPS) is 9.93. The summed E-state index contributed by atoms with van der Waals surface area (Å²) in [6.07, 6.45) is 1.35. The van der Waals surface area contributed by atoms with E-state index in [0.717, 1.165) is 6.42 Å². The third-order valence-corrected chi connectivity index (χ3v) is 2.04. The number of unbranched alkanes of at least 4 members (excludes halogenated alkanes) is 1. The lowest BCUT2D eigenvalue weighted by molar-refractivity contribution is 0.154. The van der Waals surface area contributed by atoms with Gasteiger partial charge in [-0.05, 0) is 30.9 Å². The third-order valence-electron chi connectivity index (χ3n) is 2.04. The molecule has 0 saturated carbocycles. The third kappa shape index (κ3) is 4.44. The zero-order chi connectivity index (χ0) is 11.1. The Morgan fingerprint density at radius 2 is 2.07 bits per heavy atom. The summed E-state index contributed by atoms with van der Waals surface area (Å²) in [5.41, 5.74) is 5.48. The number of ether oxygens (including phenoxy) is 1. The van der Waals surface area contributed by atoms with E-state index in [1.165, 1.54) is 6.07 Å². The first kappa shape index (κ1) is 11.5. The minimum absolute atomic E-state index is 0.187. The summed E-state index contributed by atoms with van der Waals surface area (Å²) in [6.45, 7) is 0.295. The second-order valence-corrected chi connectivity index (χ2v) is 3.22. The number of carbonyl (C=O) groups excluding carboxylic acids is 1. The molecule has 1 aromatic carbocycles. The number of benzene rings is 1. The molecule has 82 valence electrons. The molecule has 0 fully saturated rings. The number of halogens is 1. The molecule has 2 N–H and O–H groups in total.